The number of carbonyl (C=O) groups is 1. The highest BCUT2D eigenvalue weighted by Gasteiger charge is 2.07. The van der Waals surface area contributed by atoms with Crippen molar-refractivity contribution in [1.82, 2.24) is 0 Å². The Morgan fingerprint density at radius 2 is 1.70 bits per heavy atom. The predicted octanol–water partition coefficient (Wildman–Crippen LogP) is 1.88. The highest BCUT2D eigenvalue weighted by molar-refractivity contribution is 5.44. The number of ether oxygens (including phenoxy) is 1. The molecule has 0 aliphatic rings. The molecule has 0 amide bonds. The molecule has 2 heteroatoms. The van der Waals surface area contributed by atoms with E-state index in [0.29, 0.717) is 5.41 Å². The molecule has 0 spiro atoms. The number of hydrogen-bond donors (Lipinski definition) is 0. The van der Waals surface area contributed by atoms with Crippen LogP contribution in [-0.4, -0.2) is 20.0 Å². The standard InChI is InChI=1S/C6H14O.C2H4O/c1-6(2,3)5-7-4;1-2-3/h5H2,1-4H3;2H,1H3. The smallest absolute Gasteiger partial charge is 0.116 e. The van der Waals surface area contributed by atoms with E-state index in [4.69, 9.17) is 9.53 Å². The van der Waals surface area contributed by atoms with E-state index < -0.39 is 0 Å². The fourth-order valence-corrected chi connectivity index (χ4v) is 0.433. The third kappa shape index (κ3) is 25.5. The van der Waals surface area contributed by atoms with Crippen molar-refractivity contribution in [2.75, 3.05) is 13.7 Å². The molecule has 0 aliphatic heterocycles. The van der Waals surface area contributed by atoms with Gasteiger partial charge in [-0.2, -0.15) is 0 Å². The van der Waals surface area contributed by atoms with Gasteiger partial charge in [0.2, 0.25) is 0 Å². The Balaban J connectivity index is 0. The zero-order chi connectivity index (χ0) is 8.62. The molecule has 0 heterocycles. The molecule has 0 bridgehead atoms. The van der Waals surface area contributed by atoms with Crippen LogP contribution in [0.2, 0.25) is 0 Å². The second kappa shape index (κ2) is 6.75. The van der Waals surface area contributed by atoms with Gasteiger partial charge in [-0.1, -0.05) is 20.8 Å². The Labute approximate surface area is 63.6 Å². The van der Waals surface area contributed by atoms with Gasteiger partial charge in [0.15, 0.2) is 0 Å². The van der Waals surface area contributed by atoms with Crippen LogP contribution in [-0.2, 0) is 9.53 Å². The quantitative estimate of drug-likeness (QED) is 0.528. The lowest BCUT2D eigenvalue weighted by atomic mass is 9.99. The van der Waals surface area contributed by atoms with E-state index in [1.54, 1.807) is 7.11 Å². The number of hydrogen-bond acceptors (Lipinski definition) is 2. The van der Waals surface area contributed by atoms with Gasteiger partial charge in [-0.15, -0.1) is 0 Å². The van der Waals surface area contributed by atoms with Gasteiger partial charge < -0.3 is 9.53 Å². The Hall–Kier alpha value is -0.370. The van der Waals surface area contributed by atoms with Crippen molar-refractivity contribution in [3.05, 3.63) is 0 Å². The molecule has 0 unspecified atom stereocenters. The highest BCUT2D eigenvalue weighted by atomic mass is 16.5. The maximum absolute atomic E-state index is 8.81. The molecule has 0 saturated heterocycles. The summed E-state index contributed by atoms with van der Waals surface area (Å²) < 4.78 is 4.91. The highest BCUT2D eigenvalue weighted by Crippen LogP contribution is 2.11. The Kier molecular flexibility index (Phi) is 8.31. The van der Waals surface area contributed by atoms with E-state index in [-0.39, 0.29) is 0 Å². The maximum atomic E-state index is 8.81. The fraction of sp³-hybridized carbons (Fsp3) is 0.875. The zero-order valence-corrected chi connectivity index (χ0v) is 7.60. The monoisotopic (exact) mass is 146 g/mol. The maximum Gasteiger partial charge on any atom is 0.116 e. The summed E-state index contributed by atoms with van der Waals surface area (Å²) in [5, 5.41) is 0. The van der Waals surface area contributed by atoms with E-state index in [1.807, 2.05) is 0 Å². The summed E-state index contributed by atoms with van der Waals surface area (Å²) in [6, 6.07) is 0. The van der Waals surface area contributed by atoms with Crippen molar-refractivity contribution in [3.63, 3.8) is 0 Å². The van der Waals surface area contributed by atoms with Gasteiger partial charge in [0.25, 0.3) is 0 Å². The number of methoxy groups -OCH3 is 1. The van der Waals surface area contributed by atoms with E-state index in [0.717, 1.165) is 12.9 Å². The van der Waals surface area contributed by atoms with Crippen LogP contribution >= 0.6 is 0 Å². The van der Waals surface area contributed by atoms with Crippen molar-refractivity contribution < 1.29 is 9.53 Å². The molecule has 0 aromatic heterocycles. The summed E-state index contributed by atoms with van der Waals surface area (Å²) >= 11 is 0. The van der Waals surface area contributed by atoms with E-state index in [9.17, 15) is 0 Å². The van der Waals surface area contributed by atoms with Crippen molar-refractivity contribution in [2.24, 2.45) is 5.41 Å². The van der Waals surface area contributed by atoms with Crippen molar-refractivity contribution in [1.29, 1.82) is 0 Å². The molecule has 0 aliphatic carbocycles. The van der Waals surface area contributed by atoms with Crippen LogP contribution in [0, 0.1) is 5.41 Å². The molecular formula is C8H18O2. The van der Waals surface area contributed by atoms with Crippen LogP contribution < -0.4 is 0 Å². The lowest BCUT2D eigenvalue weighted by Crippen LogP contribution is -2.12. The van der Waals surface area contributed by atoms with Gasteiger partial charge in [0, 0.05) is 7.11 Å². The lowest BCUT2D eigenvalue weighted by molar-refractivity contribution is -0.106. The SMILES string of the molecule is CC=O.COCC(C)(C)C. The van der Waals surface area contributed by atoms with Crippen LogP contribution in [0.1, 0.15) is 27.7 Å². The number of aldehydes is 1. The van der Waals surface area contributed by atoms with Gasteiger partial charge >= 0.3 is 0 Å². The third-order valence-corrected chi connectivity index (χ3v) is 0.577. The Morgan fingerprint density at radius 3 is 1.70 bits per heavy atom. The zero-order valence-electron chi connectivity index (χ0n) is 7.60. The minimum absolute atomic E-state index is 0.328. The third-order valence-electron chi connectivity index (χ3n) is 0.577. The van der Waals surface area contributed by atoms with E-state index in [1.165, 1.54) is 6.92 Å². The molecule has 0 saturated carbocycles. The molecule has 62 valence electrons. The summed E-state index contributed by atoms with van der Waals surface area (Å²) in [6.07, 6.45) is 0.750. The van der Waals surface area contributed by atoms with Crippen molar-refractivity contribution in [3.8, 4) is 0 Å². The molecule has 0 fully saturated rings. The van der Waals surface area contributed by atoms with Gasteiger partial charge in [0.05, 0.1) is 6.61 Å². The summed E-state index contributed by atoms with van der Waals surface area (Å²) in [4.78, 5) is 8.81. The minimum atomic E-state index is 0.328. The second-order valence-corrected chi connectivity index (χ2v) is 3.23. The average molecular weight is 146 g/mol. The molecule has 10 heavy (non-hydrogen) atoms. The summed E-state index contributed by atoms with van der Waals surface area (Å²) in [5.41, 5.74) is 0.328. The Bertz CT molecular complexity index is 71.8. The van der Waals surface area contributed by atoms with Crippen molar-refractivity contribution >= 4 is 6.29 Å². The van der Waals surface area contributed by atoms with E-state index >= 15 is 0 Å². The molecule has 0 N–H and O–H groups in total. The first-order valence-electron chi connectivity index (χ1n) is 3.36. The number of rotatable bonds is 1. The largest absolute Gasteiger partial charge is 0.384 e. The average Bonchev–Trinajstić information content (AvgIpc) is 1.63. The van der Waals surface area contributed by atoms with Crippen LogP contribution in [0.5, 0.6) is 0 Å². The van der Waals surface area contributed by atoms with E-state index in [2.05, 4.69) is 20.8 Å². The van der Waals surface area contributed by atoms with Crippen LogP contribution in [0.3, 0.4) is 0 Å². The molecule has 0 rings (SSSR count). The Morgan fingerprint density at radius 1 is 1.40 bits per heavy atom. The normalized spacial score (nSPS) is 9.70. The lowest BCUT2D eigenvalue weighted by Gasteiger charge is -2.15. The first-order chi connectivity index (χ1) is 4.47. The van der Waals surface area contributed by atoms with Crippen LogP contribution in [0.15, 0.2) is 0 Å². The van der Waals surface area contributed by atoms with Gasteiger partial charge in [-0.3, -0.25) is 0 Å². The molecular weight excluding hydrogens is 128 g/mol. The summed E-state index contributed by atoms with van der Waals surface area (Å²) in [6.45, 7) is 8.73. The fourth-order valence-electron chi connectivity index (χ4n) is 0.433. The van der Waals surface area contributed by atoms with Gasteiger partial charge in [-0.05, 0) is 12.3 Å². The molecule has 0 aromatic carbocycles. The minimum Gasteiger partial charge on any atom is -0.384 e. The van der Waals surface area contributed by atoms with Crippen LogP contribution in [0.25, 0.3) is 0 Å². The van der Waals surface area contributed by atoms with Gasteiger partial charge in [-0.25, -0.2) is 0 Å². The molecule has 0 aromatic rings. The molecule has 0 radical (unpaired) electrons. The summed E-state index contributed by atoms with van der Waals surface area (Å²) in [5.74, 6) is 0. The first kappa shape index (κ1) is 12.3. The topological polar surface area (TPSA) is 26.3 Å². The molecule has 0 atom stereocenters. The predicted molar refractivity (Wildman–Crippen MR) is 43.1 cm³/mol. The molecule has 2 nitrogen and oxygen atoms in total. The first-order valence-corrected chi connectivity index (χ1v) is 3.36. The second-order valence-electron chi connectivity index (χ2n) is 3.23. The van der Waals surface area contributed by atoms with Gasteiger partial charge in [0.1, 0.15) is 6.29 Å². The summed E-state index contributed by atoms with van der Waals surface area (Å²) in [7, 11) is 1.73. The number of carbonyl (C=O) groups excluding carboxylic acids is 1. The van der Waals surface area contributed by atoms with Crippen LogP contribution in [0.4, 0.5) is 0 Å². The van der Waals surface area contributed by atoms with Crippen molar-refractivity contribution in [2.45, 2.75) is 27.7 Å².